The Balaban J connectivity index is 1.77. The lowest BCUT2D eigenvalue weighted by Crippen LogP contribution is -2.35. The molecule has 1 atom stereocenters. The number of benzene rings is 1. The topological polar surface area (TPSA) is 77.3 Å². The molecule has 128 valence electrons. The summed E-state index contributed by atoms with van der Waals surface area (Å²) in [6.45, 7) is 2.86. The van der Waals surface area contributed by atoms with Crippen molar-refractivity contribution in [2.24, 2.45) is 5.92 Å². The number of rotatable bonds is 5. The van der Waals surface area contributed by atoms with Gasteiger partial charge in [-0.2, -0.15) is 4.98 Å². The van der Waals surface area contributed by atoms with Crippen molar-refractivity contribution < 1.29 is 14.1 Å². The highest BCUT2D eigenvalue weighted by molar-refractivity contribution is 6.31. The maximum atomic E-state index is 11.6. The van der Waals surface area contributed by atoms with E-state index in [-0.39, 0.29) is 17.9 Å². The summed E-state index contributed by atoms with van der Waals surface area (Å²) in [5.74, 6) is 1.12. The minimum atomic E-state index is -0.279. The van der Waals surface area contributed by atoms with Gasteiger partial charge in [-0.05, 0) is 30.4 Å². The van der Waals surface area contributed by atoms with Crippen molar-refractivity contribution in [2.75, 3.05) is 13.2 Å². The van der Waals surface area contributed by atoms with Gasteiger partial charge in [-0.25, -0.2) is 0 Å². The van der Waals surface area contributed by atoms with Crippen LogP contribution in [0.15, 0.2) is 28.8 Å². The molecule has 7 heteroatoms. The molecule has 24 heavy (non-hydrogen) atoms. The normalized spacial score (nSPS) is 16.8. The van der Waals surface area contributed by atoms with Gasteiger partial charge in [-0.15, -0.1) is 0 Å². The maximum Gasteiger partial charge on any atom is 0.249 e. The molecule has 6 nitrogen and oxygen atoms in total. The second-order valence-electron chi connectivity index (χ2n) is 5.95. The lowest BCUT2D eigenvalue weighted by molar-refractivity contribution is -0.120. The molecule has 1 aliphatic rings. The van der Waals surface area contributed by atoms with E-state index in [2.05, 4.69) is 15.5 Å². The van der Waals surface area contributed by atoms with Crippen molar-refractivity contribution >= 4 is 17.5 Å². The van der Waals surface area contributed by atoms with Gasteiger partial charge in [-0.1, -0.05) is 35.0 Å². The van der Waals surface area contributed by atoms with Gasteiger partial charge in [-0.3, -0.25) is 4.79 Å². The first kappa shape index (κ1) is 16.9. The number of carbonyl (C=O) groups excluding carboxylic acids is 1. The lowest BCUT2D eigenvalue weighted by atomic mass is 9.91. The zero-order valence-corrected chi connectivity index (χ0v) is 14.3. The fourth-order valence-corrected chi connectivity index (χ4v) is 3.13. The predicted molar refractivity (Wildman–Crippen MR) is 88.7 cm³/mol. The average molecular weight is 350 g/mol. The number of carbonyl (C=O) groups is 1. The van der Waals surface area contributed by atoms with Gasteiger partial charge in [0.05, 0.1) is 0 Å². The van der Waals surface area contributed by atoms with E-state index in [0.29, 0.717) is 36.4 Å². The molecular formula is C17H20ClN3O3. The summed E-state index contributed by atoms with van der Waals surface area (Å²) in [7, 11) is 0. The number of nitrogens with one attached hydrogen (secondary N) is 1. The highest BCUT2D eigenvalue weighted by Crippen LogP contribution is 2.29. The van der Waals surface area contributed by atoms with Crippen LogP contribution in [0.4, 0.5) is 0 Å². The highest BCUT2D eigenvalue weighted by atomic mass is 35.5. The predicted octanol–water partition coefficient (Wildman–Crippen LogP) is 2.92. The zero-order valence-electron chi connectivity index (χ0n) is 13.5. The van der Waals surface area contributed by atoms with Gasteiger partial charge in [0.2, 0.25) is 11.8 Å². The summed E-state index contributed by atoms with van der Waals surface area (Å²) >= 11 is 6.18. The SMILES string of the molecule is CC(=O)N[C@@H](c1nc(Cc2ccccc2Cl)no1)C1CCOCC1. The molecule has 1 fully saturated rings. The summed E-state index contributed by atoms with van der Waals surface area (Å²) in [5, 5.41) is 7.66. The fourth-order valence-electron chi connectivity index (χ4n) is 2.93. The summed E-state index contributed by atoms with van der Waals surface area (Å²) < 4.78 is 10.8. The number of halogens is 1. The average Bonchev–Trinajstić information content (AvgIpc) is 3.04. The largest absolute Gasteiger partial charge is 0.381 e. The van der Waals surface area contributed by atoms with Crippen molar-refractivity contribution in [2.45, 2.75) is 32.2 Å². The van der Waals surface area contributed by atoms with Crippen LogP contribution in [0.3, 0.4) is 0 Å². The third-order valence-electron chi connectivity index (χ3n) is 4.15. The van der Waals surface area contributed by atoms with Gasteiger partial charge < -0.3 is 14.6 Å². The molecule has 1 N–H and O–H groups in total. The Morgan fingerprint density at radius 2 is 2.12 bits per heavy atom. The van der Waals surface area contributed by atoms with Gasteiger partial charge in [0.1, 0.15) is 6.04 Å². The van der Waals surface area contributed by atoms with Crippen LogP contribution in [0.2, 0.25) is 5.02 Å². The number of hydrogen-bond donors (Lipinski definition) is 1. The van der Waals surface area contributed by atoms with Gasteiger partial charge >= 0.3 is 0 Å². The number of nitrogens with zero attached hydrogens (tertiary/aromatic N) is 2. The number of aromatic nitrogens is 2. The Kier molecular flexibility index (Phi) is 5.48. The van der Waals surface area contributed by atoms with E-state index >= 15 is 0 Å². The molecule has 0 bridgehead atoms. The van der Waals surface area contributed by atoms with E-state index in [0.717, 1.165) is 18.4 Å². The Labute approximate surface area is 145 Å². The standard InChI is InChI=1S/C17H20ClN3O3/c1-11(22)19-16(12-6-8-23-9-7-12)17-20-15(21-24-17)10-13-4-2-3-5-14(13)18/h2-5,12,16H,6-10H2,1H3,(H,19,22)/t16-/m1/s1. The summed E-state index contributed by atoms with van der Waals surface area (Å²) in [4.78, 5) is 16.0. The molecule has 1 aromatic carbocycles. The van der Waals surface area contributed by atoms with Crippen LogP contribution in [0.1, 0.15) is 43.1 Å². The summed E-state index contributed by atoms with van der Waals surface area (Å²) in [6.07, 6.45) is 2.20. The second kappa shape index (κ2) is 7.77. The third-order valence-corrected chi connectivity index (χ3v) is 4.52. The van der Waals surface area contributed by atoms with Crippen LogP contribution in [0.25, 0.3) is 0 Å². The van der Waals surface area contributed by atoms with Gasteiger partial charge in [0.25, 0.3) is 0 Å². The maximum absolute atomic E-state index is 11.6. The molecule has 2 aromatic rings. The van der Waals surface area contributed by atoms with Crippen molar-refractivity contribution in [3.8, 4) is 0 Å². The van der Waals surface area contributed by atoms with Crippen LogP contribution in [0, 0.1) is 5.92 Å². The van der Waals surface area contributed by atoms with Crippen molar-refractivity contribution in [3.63, 3.8) is 0 Å². The number of hydrogen-bond acceptors (Lipinski definition) is 5. The summed E-state index contributed by atoms with van der Waals surface area (Å²) in [6, 6.07) is 7.29. The molecule has 0 spiro atoms. The quantitative estimate of drug-likeness (QED) is 0.898. The molecule has 2 heterocycles. The molecule has 1 amide bonds. The van der Waals surface area contributed by atoms with E-state index in [4.69, 9.17) is 20.9 Å². The van der Waals surface area contributed by atoms with Crippen LogP contribution < -0.4 is 5.32 Å². The van der Waals surface area contributed by atoms with Crippen LogP contribution >= 0.6 is 11.6 Å². The lowest BCUT2D eigenvalue weighted by Gasteiger charge is -2.28. The van der Waals surface area contributed by atoms with Gasteiger partial charge in [0, 0.05) is 31.6 Å². The van der Waals surface area contributed by atoms with Crippen LogP contribution in [-0.4, -0.2) is 29.3 Å². The van der Waals surface area contributed by atoms with E-state index in [1.54, 1.807) is 0 Å². The van der Waals surface area contributed by atoms with Crippen LogP contribution in [0.5, 0.6) is 0 Å². The second-order valence-corrected chi connectivity index (χ2v) is 6.35. The molecule has 1 saturated heterocycles. The van der Waals surface area contributed by atoms with Crippen LogP contribution in [-0.2, 0) is 16.0 Å². The first-order valence-corrected chi connectivity index (χ1v) is 8.42. The minimum absolute atomic E-state index is 0.114. The molecule has 0 saturated carbocycles. The number of ether oxygens (including phenoxy) is 1. The van der Waals surface area contributed by atoms with Crippen molar-refractivity contribution in [3.05, 3.63) is 46.6 Å². The molecule has 3 rings (SSSR count). The minimum Gasteiger partial charge on any atom is -0.381 e. The molecule has 0 unspecified atom stereocenters. The molecular weight excluding hydrogens is 330 g/mol. The summed E-state index contributed by atoms with van der Waals surface area (Å²) in [5.41, 5.74) is 0.939. The third kappa shape index (κ3) is 4.13. The van der Waals surface area contributed by atoms with Gasteiger partial charge in [0.15, 0.2) is 5.82 Å². The Hall–Kier alpha value is -1.92. The van der Waals surface area contributed by atoms with Crippen molar-refractivity contribution in [1.29, 1.82) is 0 Å². The van der Waals surface area contributed by atoms with E-state index < -0.39 is 0 Å². The monoisotopic (exact) mass is 349 g/mol. The molecule has 0 aliphatic carbocycles. The van der Waals surface area contributed by atoms with E-state index in [1.807, 2.05) is 24.3 Å². The Morgan fingerprint density at radius 1 is 1.38 bits per heavy atom. The zero-order chi connectivity index (χ0) is 16.9. The first-order chi connectivity index (χ1) is 11.6. The highest BCUT2D eigenvalue weighted by Gasteiger charge is 2.30. The van der Waals surface area contributed by atoms with E-state index in [9.17, 15) is 4.79 Å². The fraction of sp³-hybridized carbons (Fsp3) is 0.471. The van der Waals surface area contributed by atoms with Crippen molar-refractivity contribution in [1.82, 2.24) is 15.5 Å². The number of amides is 1. The molecule has 1 aliphatic heterocycles. The Bertz CT molecular complexity index is 698. The molecule has 1 aromatic heterocycles. The Morgan fingerprint density at radius 3 is 2.83 bits per heavy atom. The smallest absolute Gasteiger partial charge is 0.249 e. The molecule has 0 radical (unpaired) electrons. The van der Waals surface area contributed by atoms with E-state index in [1.165, 1.54) is 6.92 Å². The first-order valence-electron chi connectivity index (χ1n) is 8.04.